The highest BCUT2D eigenvalue weighted by atomic mass is 32.1. The van der Waals surface area contributed by atoms with Gasteiger partial charge in [-0.05, 0) is 18.2 Å². The SMILES string of the molecule is COc1ccc2c(c1)sc1nc(-c3nccs3)cn12. The number of rotatable bonds is 2. The van der Waals surface area contributed by atoms with Crippen LogP contribution in [-0.2, 0) is 0 Å². The summed E-state index contributed by atoms with van der Waals surface area (Å²) in [5.74, 6) is 0.872. The molecule has 0 bridgehead atoms. The lowest BCUT2D eigenvalue weighted by molar-refractivity contribution is 0.415. The number of hydrogen-bond acceptors (Lipinski definition) is 5. The average molecular weight is 287 g/mol. The zero-order chi connectivity index (χ0) is 12.8. The highest BCUT2D eigenvalue weighted by Gasteiger charge is 2.11. The summed E-state index contributed by atoms with van der Waals surface area (Å²) < 4.78 is 8.53. The highest BCUT2D eigenvalue weighted by molar-refractivity contribution is 7.23. The molecule has 0 aliphatic carbocycles. The Morgan fingerprint density at radius 1 is 1.32 bits per heavy atom. The van der Waals surface area contributed by atoms with E-state index in [1.165, 1.54) is 4.70 Å². The van der Waals surface area contributed by atoms with Crippen LogP contribution in [0.2, 0.25) is 0 Å². The van der Waals surface area contributed by atoms with Gasteiger partial charge in [0.05, 0.1) is 17.3 Å². The maximum absolute atomic E-state index is 5.25. The second-order valence-electron chi connectivity index (χ2n) is 4.05. The van der Waals surface area contributed by atoms with Crippen LogP contribution in [0.25, 0.3) is 25.9 Å². The summed E-state index contributed by atoms with van der Waals surface area (Å²) in [5.41, 5.74) is 2.08. The molecule has 0 saturated carbocycles. The Morgan fingerprint density at radius 3 is 3.05 bits per heavy atom. The van der Waals surface area contributed by atoms with Crippen molar-refractivity contribution in [3.05, 3.63) is 36.0 Å². The largest absolute Gasteiger partial charge is 0.497 e. The molecule has 0 radical (unpaired) electrons. The van der Waals surface area contributed by atoms with Crippen LogP contribution in [0.3, 0.4) is 0 Å². The Hall–Kier alpha value is -1.92. The van der Waals surface area contributed by atoms with Gasteiger partial charge >= 0.3 is 0 Å². The van der Waals surface area contributed by atoms with E-state index in [2.05, 4.69) is 20.4 Å². The van der Waals surface area contributed by atoms with Crippen LogP contribution in [0, 0.1) is 0 Å². The Labute approximate surface area is 116 Å². The molecule has 3 aromatic heterocycles. The normalized spacial score (nSPS) is 11.4. The lowest BCUT2D eigenvalue weighted by Crippen LogP contribution is -1.82. The standard InChI is InChI=1S/C13H9N3OS2/c1-17-8-2-3-10-11(6-8)19-13-15-9(7-16(10)13)12-14-4-5-18-12/h2-7H,1H3. The fraction of sp³-hybridized carbons (Fsp3) is 0.0769. The molecular weight excluding hydrogens is 278 g/mol. The van der Waals surface area contributed by atoms with E-state index < -0.39 is 0 Å². The number of aromatic nitrogens is 3. The van der Waals surface area contributed by atoms with E-state index in [4.69, 9.17) is 4.74 Å². The van der Waals surface area contributed by atoms with Crippen molar-refractivity contribution in [3.63, 3.8) is 0 Å². The lowest BCUT2D eigenvalue weighted by Gasteiger charge is -1.98. The van der Waals surface area contributed by atoms with Gasteiger partial charge in [-0.1, -0.05) is 11.3 Å². The molecule has 0 spiro atoms. The molecule has 4 aromatic rings. The molecule has 0 N–H and O–H groups in total. The third-order valence-electron chi connectivity index (χ3n) is 2.95. The van der Waals surface area contributed by atoms with Gasteiger partial charge in [-0.3, -0.25) is 4.40 Å². The Morgan fingerprint density at radius 2 is 2.26 bits per heavy atom. The van der Waals surface area contributed by atoms with Crippen LogP contribution in [0.5, 0.6) is 5.75 Å². The monoisotopic (exact) mass is 287 g/mol. The summed E-state index contributed by atoms with van der Waals surface area (Å²) >= 11 is 3.26. The number of fused-ring (bicyclic) bond motifs is 3. The number of ether oxygens (including phenoxy) is 1. The minimum absolute atomic E-state index is 0.872. The molecular formula is C13H9N3OS2. The summed E-state index contributed by atoms with van der Waals surface area (Å²) in [6.07, 6.45) is 3.84. The van der Waals surface area contributed by atoms with Crippen molar-refractivity contribution in [1.29, 1.82) is 0 Å². The molecule has 0 saturated heterocycles. The molecule has 0 aliphatic rings. The van der Waals surface area contributed by atoms with Gasteiger partial charge in [0.25, 0.3) is 0 Å². The zero-order valence-corrected chi connectivity index (χ0v) is 11.7. The summed E-state index contributed by atoms with van der Waals surface area (Å²) in [6.45, 7) is 0. The van der Waals surface area contributed by atoms with Gasteiger partial charge in [0.15, 0.2) is 4.96 Å². The van der Waals surface area contributed by atoms with Crippen molar-refractivity contribution in [2.75, 3.05) is 7.11 Å². The fourth-order valence-corrected chi connectivity index (χ4v) is 3.69. The zero-order valence-electron chi connectivity index (χ0n) is 10.0. The predicted molar refractivity (Wildman–Crippen MR) is 78.2 cm³/mol. The fourth-order valence-electron chi connectivity index (χ4n) is 2.06. The van der Waals surface area contributed by atoms with Gasteiger partial charge in [0.1, 0.15) is 16.5 Å². The van der Waals surface area contributed by atoms with Crippen molar-refractivity contribution in [1.82, 2.24) is 14.4 Å². The first-order chi connectivity index (χ1) is 9.35. The molecule has 19 heavy (non-hydrogen) atoms. The first-order valence-electron chi connectivity index (χ1n) is 5.70. The molecule has 94 valence electrons. The summed E-state index contributed by atoms with van der Waals surface area (Å²) in [6, 6.07) is 6.07. The van der Waals surface area contributed by atoms with Gasteiger partial charge in [-0.15, -0.1) is 11.3 Å². The smallest absolute Gasteiger partial charge is 0.195 e. The van der Waals surface area contributed by atoms with E-state index in [0.717, 1.165) is 26.9 Å². The number of methoxy groups -OCH3 is 1. The maximum atomic E-state index is 5.25. The minimum atomic E-state index is 0.872. The van der Waals surface area contributed by atoms with Gasteiger partial charge in [0.2, 0.25) is 0 Å². The first kappa shape index (κ1) is 11.0. The number of thiazole rings is 2. The van der Waals surface area contributed by atoms with Crippen molar-refractivity contribution < 1.29 is 4.74 Å². The quantitative estimate of drug-likeness (QED) is 0.564. The van der Waals surface area contributed by atoms with E-state index in [0.29, 0.717) is 0 Å². The molecule has 0 fully saturated rings. The van der Waals surface area contributed by atoms with Crippen molar-refractivity contribution in [2.45, 2.75) is 0 Å². The Bertz CT molecular complexity index is 861. The van der Waals surface area contributed by atoms with E-state index in [1.54, 1.807) is 36.0 Å². The highest BCUT2D eigenvalue weighted by Crippen LogP contribution is 2.31. The second kappa shape index (κ2) is 4.04. The van der Waals surface area contributed by atoms with Gasteiger partial charge in [-0.25, -0.2) is 9.97 Å². The number of nitrogens with zero attached hydrogens (tertiary/aromatic N) is 3. The van der Waals surface area contributed by atoms with Crippen molar-refractivity contribution >= 4 is 37.9 Å². The van der Waals surface area contributed by atoms with Crippen LogP contribution < -0.4 is 4.74 Å². The number of benzene rings is 1. The van der Waals surface area contributed by atoms with Crippen LogP contribution in [-0.4, -0.2) is 21.5 Å². The second-order valence-corrected chi connectivity index (χ2v) is 5.96. The Kier molecular flexibility index (Phi) is 2.33. The van der Waals surface area contributed by atoms with E-state index in [9.17, 15) is 0 Å². The molecule has 4 nitrogen and oxygen atoms in total. The topological polar surface area (TPSA) is 39.4 Å². The predicted octanol–water partition coefficient (Wildman–Crippen LogP) is 3.68. The molecule has 0 atom stereocenters. The molecule has 0 unspecified atom stereocenters. The van der Waals surface area contributed by atoms with Gasteiger partial charge in [0, 0.05) is 17.8 Å². The molecule has 0 amide bonds. The van der Waals surface area contributed by atoms with Crippen LogP contribution >= 0.6 is 22.7 Å². The number of hydrogen-bond donors (Lipinski definition) is 0. The van der Waals surface area contributed by atoms with E-state index >= 15 is 0 Å². The minimum Gasteiger partial charge on any atom is -0.497 e. The van der Waals surface area contributed by atoms with Crippen molar-refractivity contribution in [3.8, 4) is 16.5 Å². The lowest BCUT2D eigenvalue weighted by atomic mass is 10.3. The summed E-state index contributed by atoms with van der Waals surface area (Å²) in [5, 5.41) is 2.92. The number of imidazole rings is 1. The maximum Gasteiger partial charge on any atom is 0.195 e. The van der Waals surface area contributed by atoms with Gasteiger partial charge < -0.3 is 4.74 Å². The summed E-state index contributed by atoms with van der Waals surface area (Å²) in [4.78, 5) is 9.91. The molecule has 3 heterocycles. The van der Waals surface area contributed by atoms with E-state index in [1.807, 2.05) is 23.7 Å². The van der Waals surface area contributed by atoms with Gasteiger partial charge in [-0.2, -0.15) is 0 Å². The first-order valence-corrected chi connectivity index (χ1v) is 7.40. The molecule has 6 heteroatoms. The molecule has 1 aromatic carbocycles. The third kappa shape index (κ3) is 1.64. The van der Waals surface area contributed by atoms with E-state index in [-0.39, 0.29) is 0 Å². The summed E-state index contributed by atoms with van der Waals surface area (Å²) in [7, 11) is 1.68. The van der Waals surface area contributed by atoms with Crippen LogP contribution in [0.4, 0.5) is 0 Å². The average Bonchev–Trinajstić information content (AvgIpc) is 3.12. The van der Waals surface area contributed by atoms with Crippen LogP contribution in [0.1, 0.15) is 0 Å². The molecule has 4 rings (SSSR count). The Balaban J connectivity index is 1.96. The van der Waals surface area contributed by atoms with Crippen molar-refractivity contribution in [2.24, 2.45) is 0 Å². The molecule has 0 aliphatic heterocycles. The van der Waals surface area contributed by atoms with Crippen LogP contribution in [0.15, 0.2) is 36.0 Å². The third-order valence-corrected chi connectivity index (χ3v) is 4.77.